The first-order valence-corrected chi connectivity index (χ1v) is 3.45. The second kappa shape index (κ2) is 2.03. The molecule has 0 aliphatic heterocycles. The third-order valence-corrected chi connectivity index (χ3v) is 2.42. The molecule has 3 heteroatoms. The van der Waals surface area contributed by atoms with Crippen LogP contribution in [0.5, 0.6) is 0 Å². The smallest absolute Gasteiger partial charge is 0.117 e. The van der Waals surface area contributed by atoms with Crippen LogP contribution in [0.25, 0.3) is 0 Å². The van der Waals surface area contributed by atoms with Crippen LogP contribution in [0.15, 0.2) is 0 Å². The first-order chi connectivity index (χ1) is 3.72. The van der Waals surface area contributed by atoms with Crippen molar-refractivity contribution >= 4 is 23.1 Å². The first kappa shape index (κ1) is 6.05. The summed E-state index contributed by atoms with van der Waals surface area (Å²) >= 11 is 7.03. The number of aromatic nitrogens is 1. The minimum Gasteiger partial charge on any atom is -0.196 e. The van der Waals surface area contributed by atoms with E-state index in [1.165, 1.54) is 11.5 Å². The van der Waals surface area contributed by atoms with E-state index in [0.717, 1.165) is 15.6 Å². The molecular weight excluding hydrogens is 142 g/mol. The first-order valence-electron chi connectivity index (χ1n) is 2.30. The molecule has 1 nitrogen and oxygen atoms in total. The molecule has 0 unspecified atom stereocenters. The van der Waals surface area contributed by atoms with Crippen LogP contribution >= 0.6 is 23.1 Å². The SMILES string of the molecule is Cc1nsc(Cl)c1C. The monoisotopic (exact) mass is 147 g/mol. The number of hydrogen-bond acceptors (Lipinski definition) is 2. The fourth-order valence-electron chi connectivity index (χ4n) is 0.388. The minimum atomic E-state index is 0.808. The molecule has 1 heterocycles. The molecule has 0 saturated carbocycles. The van der Waals surface area contributed by atoms with Crippen LogP contribution in [0, 0.1) is 13.8 Å². The highest BCUT2D eigenvalue weighted by Crippen LogP contribution is 2.21. The van der Waals surface area contributed by atoms with Crippen LogP contribution in [0.1, 0.15) is 11.3 Å². The van der Waals surface area contributed by atoms with E-state index in [1.54, 1.807) is 0 Å². The molecule has 0 amide bonds. The van der Waals surface area contributed by atoms with Gasteiger partial charge in [0.15, 0.2) is 0 Å². The van der Waals surface area contributed by atoms with Crippen molar-refractivity contribution in [1.29, 1.82) is 0 Å². The van der Waals surface area contributed by atoms with E-state index in [1.807, 2.05) is 13.8 Å². The maximum Gasteiger partial charge on any atom is 0.117 e. The fraction of sp³-hybridized carbons (Fsp3) is 0.400. The van der Waals surface area contributed by atoms with Gasteiger partial charge in [0.25, 0.3) is 0 Å². The summed E-state index contributed by atoms with van der Waals surface area (Å²) in [7, 11) is 0. The quantitative estimate of drug-likeness (QED) is 0.549. The molecule has 0 atom stereocenters. The van der Waals surface area contributed by atoms with Gasteiger partial charge in [0.1, 0.15) is 4.34 Å². The lowest BCUT2D eigenvalue weighted by molar-refractivity contribution is 1.28. The summed E-state index contributed by atoms with van der Waals surface area (Å²) < 4.78 is 4.83. The molecule has 0 aromatic carbocycles. The fourth-order valence-corrected chi connectivity index (χ4v) is 1.27. The van der Waals surface area contributed by atoms with E-state index in [-0.39, 0.29) is 0 Å². The molecule has 1 aromatic heterocycles. The Hall–Kier alpha value is -0.0800. The Balaban J connectivity index is 3.19. The molecule has 1 aromatic rings. The highest BCUT2D eigenvalue weighted by atomic mass is 35.5. The maximum absolute atomic E-state index is 5.69. The maximum atomic E-state index is 5.69. The summed E-state index contributed by atoms with van der Waals surface area (Å²) in [6, 6.07) is 0. The van der Waals surface area contributed by atoms with Crippen LogP contribution in [-0.4, -0.2) is 4.37 Å². The molecule has 44 valence electrons. The predicted octanol–water partition coefficient (Wildman–Crippen LogP) is 2.41. The zero-order chi connectivity index (χ0) is 6.15. The van der Waals surface area contributed by atoms with E-state index in [4.69, 9.17) is 11.6 Å². The van der Waals surface area contributed by atoms with Crippen LogP contribution in [0.2, 0.25) is 4.34 Å². The molecule has 0 fully saturated rings. The zero-order valence-electron chi connectivity index (χ0n) is 4.73. The summed E-state index contributed by atoms with van der Waals surface area (Å²) in [4.78, 5) is 0. The Labute approximate surface area is 57.5 Å². The molecular formula is C5H6ClNS. The van der Waals surface area contributed by atoms with Crippen molar-refractivity contribution in [2.75, 3.05) is 0 Å². The second-order valence-corrected chi connectivity index (χ2v) is 3.04. The van der Waals surface area contributed by atoms with Gasteiger partial charge in [0.2, 0.25) is 0 Å². The highest BCUT2D eigenvalue weighted by molar-refractivity contribution is 7.10. The summed E-state index contributed by atoms with van der Waals surface area (Å²) in [5, 5.41) is 0. The average molecular weight is 148 g/mol. The highest BCUT2D eigenvalue weighted by Gasteiger charge is 1.99. The summed E-state index contributed by atoms with van der Waals surface area (Å²) in [6.45, 7) is 3.93. The summed E-state index contributed by atoms with van der Waals surface area (Å²) in [5.74, 6) is 0. The van der Waals surface area contributed by atoms with Gasteiger partial charge < -0.3 is 0 Å². The second-order valence-electron chi connectivity index (χ2n) is 1.67. The van der Waals surface area contributed by atoms with Gasteiger partial charge in [-0.05, 0) is 25.4 Å². The predicted molar refractivity (Wildman–Crippen MR) is 36.6 cm³/mol. The van der Waals surface area contributed by atoms with Crippen molar-refractivity contribution in [3.8, 4) is 0 Å². The standard InChI is InChI=1S/C5H6ClNS/c1-3-4(2)7-8-5(3)6/h1-2H3. The third kappa shape index (κ3) is 0.858. The normalized spacial score (nSPS) is 9.88. The van der Waals surface area contributed by atoms with Gasteiger partial charge in [-0.15, -0.1) is 0 Å². The Kier molecular flexibility index (Phi) is 1.54. The number of nitrogens with zero attached hydrogens (tertiary/aromatic N) is 1. The Morgan fingerprint density at radius 2 is 2.12 bits per heavy atom. The molecule has 0 bridgehead atoms. The number of hydrogen-bond donors (Lipinski definition) is 0. The van der Waals surface area contributed by atoms with E-state index in [2.05, 4.69) is 4.37 Å². The number of halogens is 1. The lowest BCUT2D eigenvalue weighted by Gasteiger charge is -1.81. The third-order valence-electron chi connectivity index (χ3n) is 1.10. The van der Waals surface area contributed by atoms with Crippen LogP contribution < -0.4 is 0 Å². The molecule has 0 aliphatic carbocycles. The minimum absolute atomic E-state index is 0.808. The van der Waals surface area contributed by atoms with Crippen LogP contribution in [0.4, 0.5) is 0 Å². The van der Waals surface area contributed by atoms with E-state index in [9.17, 15) is 0 Å². The molecule has 0 aliphatic rings. The van der Waals surface area contributed by atoms with Gasteiger partial charge in [-0.3, -0.25) is 0 Å². The van der Waals surface area contributed by atoms with Gasteiger partial charge >= 0.3 is 0 Å². The van der Waals surface area contributed by atoms with Crippen molar-refractivity contribution in [2.24, 2.45) is 0 Å². The lowest BCUT2D eigenvalue weighted by atomic mass is 10.3. The summed E-state index contributed by atoms with van der Waals surface area (Å²) in [5.41, 5.74) is 2.15. The van der Waals surface area contributed by atoms with Crippen LogP contribution in [-0.2, 0) is 0 Å². The molecule has 1 rings (SSSR count). The van der Waals surface area contributed by atoms with Crippen molar-refractivity contribution < 1.29 is 0 Å². The van der Waals surface area contributed by atoms with E-state index < -0.39 is 0 Å². The summed E-state index contributed by atoms with van der Waals surface area (Å²) in [6.07, 6.45) is 0. The molecule has 0 spiro atoms. The Bertz CT molecular complexity index is 175. The van der Waals surface area contributed by atoms with Crippen LogP contribution in [0.3, 0.4) is 0 Å². The number of rotatable bonds is 0. The van der Waals surface area contributed by atoms with E-state index in [0.29, 0.717) is 0 Å². The zero-order valence-corrected chi connectivity index (χ0v) is 6.31. The van der Waals surface area contributed by atoms with Gasteiger partial charge in [0, 0.05) is 5.56 Å². The van der Waals surface area contributed by atoms with Gasteiger partial charge in [-0.25, -0.2) is 0 Å². The molecule has 0 saturated heterocycles. The Morgan fingerprint density at radius 1 is 1.50 bits per heavy atom. The molecule has 0 radical (unpaired) electrons. The largest absolute Gasteiger partial charge is 0.196 e. The molecule has 0 N–H and O–H groups in total. The van der Waals surface area contributed by atoms with Gasteiger partial charge in [0.05, 0.1) is 5.69 Å². The van der Waals surface area contributed by atoms with Crippen molar-refractivity contribution in [3.63, 3.8) is 0 Å². The molecule has 8 heavy (non-hydrogen) atoms. The van der Waals surface area contributed by atoms with Gasteiger partial charge in [-0.2, -0.15) is 4.37 Å². The average Bonchev–Trinajstić information content (AvgIpc) is 1.98. The van der Waals surface area contributed by atoms with E-state index >= 15 is 0 Å². The van der Waals surface area contributed by atoms with Crippen molar-refractivity contribution in [3.05, 3.63) is 15.6 Å². The van der Waals surface area contributed by atoms with Crippen molar-refractivity contribution in [1.82, 2.24) is 4.37 Å². The van der Waals surface area contributed by atoms with Gasteiger partial charge in [-0.1, -0.05) is 11.6 Å². The number of aryl methyl sites for hydroxylation is 1. The lowest BCUT2D eigenvalue weighted by Crippen LogP contribution is -1.70. The Morgan fingerprint density at radius 3 is 2.25 bits per heavy atom. The topological polar surface area (TPSA) is 12.9 Å². The van der Waals surface area contributed by atoms with Crippen molar-refractivity contribution in [2.45, 2.75) is 13.8 Å².